The van der Waals surface area contributed by atoms with Gasteiger partial charge in [-0.15, -0.1) is 11.3 Å². The number of nitrogens with zero attached hydrogens (tertiary/aromatic N) is 2. The minimum absolute atomic E-state index is 0.630. The topological polar surface area (TPSA) is 51.8 Å². The highest BCUT2D eigenvalue weighted by Gasteiger charge is 2.13. The second kappa shape index (κ2) is 6.61. The number of rotatable bonds is 5. The lowest BCUT2D eigenvalue weighted by molar-refractivity contribution is 0.953. The summed E-state index contributed by atoms with van der Waals surface area (Å²) in [6.07, 6.45) is 3.47. The van der Waals surface area contributed by atoms with Crippen LogP contribution in [-0.2, 0) is 12.8 Å². The van der Waals surface area contributed by atoms with Crippen LogP contribution in [0.25, 0.3) is 11.3 Å². The maximum atomic E-state index is 5.67. The second-order valence-corrected chi connectivity index (χ2v) is 5.95. The van der Waals surface area contributed by atoms with E-state index in [1.54, 1.807) is 11.3 Å². The molecule has 2 N–H and O–H groups in total. The maximum Gasteiger partial charge on any atom is 0.0948 e. The second-order valence-electron chi connectivity index (χ2n) is 4.78. The molecule has 0 radical (unpaired) electrons. The van der Waals surface area contributed by atoms with Crippen molar-refractivity contribution in [2.24, 2.45) is 5.73 Å². The number of nitrogens with two attached hydrogens (primary N) is 1. The first kappa shape index (κ1) is 13.9. The summed E-state index contributed by atoms with van der Waals surface area (Å²) in [6.45, 7) is 0.630. The van der Waals surface area contributed by atoms with Crippen LogP contribution in [0.5, 0.6) is 0 Å². The van der Waals surface area contributed by atoms with Gasteiger partial charge in [0.25, 0.3) is 0 Å². The van der Waals surface area contributed by atoms with Crippen molar-refractivity contribution in [2.75, 3.05) is 6.54 Å². The fourth-order valence-electron chi connectivity index (χ4n) is 2.24. The predicted octanol–water partition coefficient (Wildman–Crippen LogP) is 3.30. The lowest BCUT2D eigenvalue weighted by Gasteiger charge is -2.02. The zero-order chi connectivity index (χ0) is 14.5. The van der Waals surface area contributed by atoms with E-state index in [2.05, 4.69) is 23.2 Å². The van der Waals surface area contributed by atoms with E-state index in [1.807, 2.05) is 36.5 Å². The summed E-state index contributed by atoms with van der Waals surface area (Å²) in [5, 5.41) is 1.10. The fourth-order valence-corrected chi connectivity index (χ4v) is 3.36. The SMILES string of the molecule is NCCc1nc(-c2ccccc2)c(Cc2ccccn2)s1. The molecule has 0 bridgehead atoms. The Labute approximate surface area is 128 Å². The summed E-state index contributed by atoms with van der Waals surface area (Å²) in [7, 11) is 0. The van der Waals surface area contributed by atoms with E-state index in [0.29, 0.717) is 6.54 Å². The molecule has 0 aliphatic rings. The van der Waals surface area contributed by atoms with Gasteiger partial charge in [-0.3, -0.25) is 4.98 Å². The Bertz CT molecular complexity index is 693. The molecule has 0 amide bonds. The molecule has 0 fully saturated rings. The van der Waals surface area contributed by atoms with Gasteiger partial charge >= 0.3 is 0 Å². The quantitative estimate of drug-likeness (QED) is 0.785. The Morgan fingerprint density at radius 1 is 1.00 bits per heavy atom. The number of hydrogen-bond acceptors (Lipinski definition) is 4. The Kier molecular flexibility index (Phi) is 4.38. The third-order valence-corrected chi connectivity index (χ3v) is 4.33. The smallest absolute Gasteiger partial charge is 0.0948 e. The first-order valence-corrected chi connectivity index (χ1v) is 7.82. The van der Waals surface area contributed by atoms with Crippen molar-refractivity contribution in [2.45, 2.75) is 12.8 Å². The van der Waals surface area contributed by atoms with E-state index in [-0.39, 0.29) is 0 Å². The van der Waals surface area contributed by atoms with Gasteiger partial charge in [-0.2, -0.15) is 0 Å². The fraction of sp³-hybridized carbons (Fsp3) is 0.176. The van der Waals surface area contributed by atoms with Crippen molar-refractivity contribution in [3.8, 4) is 11.3 Å². The van der Waals surface area contributed by atoms with Crippen molar-refractivity contribution in [3.05, 3.63) is 70.3 Å². The number of aromatic nitrogens is 2. The molecule has 3 rings (SSSR count). The minimum atomic E-state index is 0.630. The molecule has 1 aromatic carbocycles. The Balaban J connectivity index is 1.98. The molecule has 0 saturated carbocycles. The summed E-state index contributed by atoms with van der Waals surface area (Å²) in [5.41, 5.74) is 8.95. The van der Waals surface area contributed by atoms with Gasteiger partial charge in [-0.25, -0.2) is 4.98 Å². The van der Waals surface area contributed by atoms with E-state index in [1.165, 1.54) is 4.88 Å². The summed E-state index contributed by atoms with van der Waals surface area (Å²) in [5.74, 6) is 0. The average Bonchev–Trinajstić information content (AvgIpc) is 2.92. The highest BCUT2D eigenvalue weighted by Crippen LogP contribution is 2.30. The van der Waals surface area contributed by atoms with Crippen molar-refractivity contribution in [3.63, 3.8) is 0 Å². The van der Waals surface area contributed by atoms with Crippen molar-refractivity contribution < 1.29 is 0 Å². The largest absolute Gasteiger partial charge is 0.330 e. The zero-order valence-corrected chi connectivity index (χ0v) is 12.5. The van der Waals surface area contributed by atoms with Crippen LogP contribution in [0.2, 0.25) is 0 Å². The average molecular weight is 295 g/mol. The molecule has 0 spiro atoms. The predicted molar refractivity (Wildman–Crippen MR) is 87.4 cm³/mol. The summed E-state index contributed by atoms with van der Waals surface area (Å²) in [6, 6.07) is 16.3. The maximum absolute atomic E-state index is 5.67. The van der Waals surface area contributed by atoms with E-state index in [0.717, 1.165) is 34.8 Å². The number of pyridine rings is 1. The van der Waals surface area contributed by atoms with Crippen LogP contribution in [0.4, 0.5) is 0 Å². The van der Waals surface area contributed by atoms with Gasteiger partial charge in [0.05, 0.1) is 10.7 Å². The molecule has 0 saturated heterocycles. The van der Waals surface area contributed by atoms with E-state index in [9.17, 15) is 0 Å². The number of thiazole rings is 1. The van der Waals surface area contributed by atoms with Crippen LogP contribution >= 0.6 is 11.3 Å². The highest BCUT2D eigenvalue weighted by atomic mass is 32.1. The highest BCUT2D eigenvalue weighted by molar-refractivity contribution is 7.12. The zero-order valence-electron chi connectivity index (χ0n) is 11.7. The van der Waals surface area contributed by atoms with Gasteiger partial charge in [0, 0.05) is 35.2 Å². The third-order valence-electron chi connectivity index (χ3n) is 3.21. The summed E-state index contributed by atoms with van der Waals surface area (Å²) in [4.78, 5) is 10.4. The molecule has 3 nitrogen and oxygen atoms in total. The molecular formula is C17H17N3S. The lowest BCUT2D eigenvalue weighted by Crippen LogP contribution is -2.01. The summed E-state index contributed by atoms with van der Waals surface area (Å²) >= 11 is 1.74. The normalized spacial score (nSPS) is 10.7. The number of benzene rings is 1. The molecule has 2 heterocycles. The molecule has 0 atom stereocenters. The Morgan fingerprint density at radius 3 is 2.52 bits per heavy atom. The van der Waals surface area contributed by atoms with Gasteiger partial charge in [0.15, 0.2) is 0 Å². The van der Waals surface area contributed by atoms with Crippen LogP contribution in [0, 0.1) is 0 Å². The first-order chi connectivity index (χ1) is 10.4. The van der Waals surface area contributed by atoms with E-state index >= 15 is 0 Å². The summed E-state index contributed by atoms with van der Waals surface area (Å²) < 4.78 is 0. The molecular weight excluding hydrogens is 278 g/mol. The molecule has 3 aromatic rings. The minimum Gasteiger partial charge on any atom is -0.330 e. The molecule has 0 aliphatic carbocycles. The molecule has 4 heteroatoms. The van der Waals surface area contributed by atoms with E-state index in [4.69, 9.17) is 10.7 Å². The Morgan fingerprint density at radius 2 is 1.81 bits per heavy atom. The molecule has 2 aromatic heterocycles. The molecule has 21 heavy (non-hydrogen) atoms. The number of hydrogen-bond donors (Lipinski definition) is 1. The van der Waals surface area contributed by atoms with Crippen LogP contribution in [0.1, 0.15) is 15.6 Å². The molecule has 106 valence electrons. The van der Waals surface area contributed by atoms with E-state index < -0.39 is 0 Å². The van der Waals surface area contributed by atoms with Crippen molar-refractivity contribution >= 4 is 11.3 Å². The van der Waals surface area contributed by atoms with Crippen LogP contribution in [0.15, 0.2) is 54.7 Å². The molecule has 0 aliphatic heterocycles. The van der Waals surface area contributed by atoms with Crippen LogP contribution in [0.3, 0.4) is 0 Å². The monoisotopic (exact) mass is 295 g/mol. The Hall–Kier alpha value is -2.04. The molecule has 0 unspecified atom stereocenters. The third kappa shape index (κ3) is 3.35. The van der Waals surface area contributed by atoms with Crippen molar-refractivity contribution in [1.82, 2.24) is 9.97 Å². The van der Waals surface area contributed by atoms with Gasteiger partial charge in [-0.1, -0.05) is 36.4 Å². The van der Waals surface area contributed by atoms with Gasteiger partial charge in [-0.05, 0) is 18.7 Å². The van der Waals surface area contributed by atoms with Gasteiger partial charge in [0.1, 0.15) is 0 Å². The van der Waals surface area contributed by atoms with Gasteiger partial charge in [0.2, 0.25) is 0 Å². The van der Waals surface area contributed by atoms with Crippen molar-refractivity contribution in [1.29, 1.82) is 0 Å². The van der Waals surface area contributed by atoms with Crippen LogP contribution in [-0.4, -0.2) is 16.5 Å². The van der Waals surface area contributed by atoms with Crippen LogP contribution < -0.4 is 5.73 Å². The lowest BCUT2D eigenvalue weighted by atomic mass is 10.1. The van der Waals surface area contributed by atoms with Gasteiger partial charge < -0.3 is 5.73 Å². The first-order valence-electron chi connectivity index (χ1n) is 7.01. The standard InChI is InChI=1S/C17H17N3S/c18-10-9-16-20-17(13-6-2-1-3-7-13)15(21-16)12-14-8-4-5-11-19-14/h1-8,11H,9-10,12,18H2.